The number of aliphatic hydroxyl groups is 2. The molecule has 0 heterocycles. The van der Waals surface area contributed by atoms with E-state index in [9.17, 15) is 18.6 Å². The van der Waals surface area contributed by atoms with E-state index in [1.54, 1.807) is 24.3 Å². The topological polar surface area (TPSA) is 74.6 Å². The molecule has 3 saturated carbocycles. The van der Waals surface area contributed by atoms with E-state index in [4.69, 9.17) is 0 Å². The van der Waals surface area contributed by atoms with Crippen LogP contribution >= 0.6 is 0 Å². The molecule has 0 aliphatic heterocycles. The van der Waals surface area contributed by atoms with E-state index >= 15 is 0 Å². The second-order valence-corrected chi connectivity index (χ2v) is 16.9. The molecule has 0 aromatic heterocycles. The predicted molar refractivity (Wildman–Crippen MR) is 168 cm³/mol. The molecule has 0 spiro atoms. The monoisotopic (exact) mass is 590 g/mol. The van der Waals surface area contributed by atoms with Crippen molar-refractivity contribution >= 4 is 9.84 Å². The first-order valence-corrected chi connectivity index (χ1v) is 18.0. The van der Waals surface area contributed by atoms with Crippen LogP contribution in [-0.2, 0) is 9.84 Å². The maximum absolute atomic E-state index is 14.1. The second kappa shape index (κ2) is 11.2. The molecule has 9 atom stereocenters. The highest BCUT2D eigenvalue weighted by molar-refractivity contribution is 7.92. The fourth-order valence-corrected chi connectivity index (χ4v) is 11.9. The summed E-state index contributed by atoms with van der Waals surface area (Å²) in [5, 5.41) is 21.7. The van der Waals surface area contributed by atoms with Gasteiger partial charge < -0.3 is 10.2 Å². The number of rotatable bonds is 8. The van der Waals surface area contributed by atoms with E-state index in [1.165, 1.54) is 18.4 Å². The Kier molecular flexibility index (Phi) is 8.02. The molecule has 5 heteroatoms. The summed E-state index contributed by atoms with van der Waals surface area (Å²) < 4.78 is 28.2. The number of fused-ring (bicyclic) bond motifs is 5. The lowest BCUT2D eigenvalue weighted by Crippen LogP contribution is -2.52. The number of benzene rings is 2. The fourth-order valence-electron chi connectivity index (χ4n) is 10.0. The van der Waals surface area contributed by atoms with Gasteiger partial charge in [0.2, 0.25) is 0 Å². The van der Waals surface area contributed by atoms with Crippen molar-refractivity contribution < 1.29 is 18.6 Å². The summed E-state index contributed by atoms with van der Waals surface area (Å²) in [6, 6.07) is 18.4. The zero-order valence-electron chi connectivity index (χ0n) is 25.7. The lowest BCUT2D eigenvalue weighted by atomic mass is 9.46. The van der Waals surface area contributed by atoms with Crippen LogP contribution in [0.25, 0.3) is 0 Å². The lowest BCUT2D eigenvalue weighted by molar-refractivity contribution is -0.0717. The highest BCUT2D eigenvalue weighted by Crippen LogP contribution is 2.67. The number of sulfone groups is 1. The molecule has 6 rings (SSSR count). The Hall–Kier alpha value is -1.95. The minimum absolute atomic E-state index is 0.115. The van der Waals surface area contributed by atoms with E-state index in [0.29, 0.717) is 35.0 Å². The summed E-state index contributed by atoms with van der Waals surface area (Å²) in [6.45, 7) is 7.06. The van der Waals surface area contributed by atoms with E-state index in [-0.39, 0.29) is 17.3 Å². The van der Waals surface area contributed by atoms with Crippen LogP contribution in [0.4, 0.5) is 0 Å². The van der Waals surface area contributed by atoms with Crippen LogP contribution in [0, 0.1) is 34.5 Å². The Morgan fingerprint density at radius 2 is 1.60 bits per heavy atom. The minimum Gasteiger partial charge on any atom is -0.390 e. The average Bonchev–Trinajstić information content (AvgIpc) is 3.34. The molecular weight excluding hydrogens is 540 g/mol. The summed E-state index contributed by atoms with van der Waals surface area (Å²) in [4.78, 5) is 0.362. The third-order valence-corrected chi connectivity index (χ3v) is 15.0. The van der Waals surface area contributed by atoms with Crippen LogP contribution < -0.4 is 0 Å². The quantitative estimate of drug-likeness (QED) is 0.305. The average molecular weight is 591 g/mol. The summed E-state index contributed by atoms with van der Waals surface area (Å²) >= 11 is 0. The van der Waals surface area contributed by atoms with Gasteiger partial charge in [-0.05, 0) is 123 Å². The standard InChI is InChI=1S/C37H50O4S/c1-4-37(39)22-21-36(3)28(25-37)15-17-31-32-18-16-27(35(32,2)20-19-33(31)36)23-30(24-34(38)26-11-7-5-8-12-26)42(40,41)29-13-9-6-10-14-29/h5-15,27,30-34,38-39H,4,16-25H2,1-3H3/t27?,30?,31?,32?,33?,34?,35-,36?,37+/m1/s1. The maximum Gasteiger partial charge on any atom is 0.181 e. The Morgan fingerprint density at radius 3 is 2.29 bits per heavy atom. The van der Waals surface area contributed by atoms with Crippen LogP contribution in [0.2, 0.25) is 0 Å². The molecule has 0 radical (unpaired) electrons. The van der Waals surface area contributed by atoms with Gasteiger partial charge in [-0.15, -0.1) is 0 Å². The first-order valence-electron chi connectivity index (χ1n) is 16.4. The molecule has 2 aromatic carbocycles. The normalized spacial score (nSPS) is 37.6. The van der Waals surface area contributed by atoms with Crippen molar-refractivity contribution in [2.24, 2.45) is 34.5 Å². The van der Waals surface area contributed by atoms with Crippen molar-refractivity contribution in [3.05, 3.63) is 77.9 Å². The largest absolute Gasteiger partial charge is 0.390 e. The fraction of sp³-hybridized carbons (Fsp3) is 0.622. The lowest BCUT2D eigenvalue weighted by Gasteiger charge is -2.59. The van der Waals surface area contributed by atoms with E-state index in [2.05, 4.69) is 26.8 Å². The SMILES string of the molecule is CC[C@]1(O)CCC2(C)C(=CCC3C2CC[C@]2(C)C(CC(CC(O)c4ccccc4)S(=O)(=O)c4ccccc4)CCC32)C1. The molecule has 42 heavy (non-hydrogen) atoms. The van der Waals surface area contributed by atoms with Crippen molar-refractivity contribution in [3.8, 4) is 0 Å². The molecule has 4 aliphatic carbocycles. The zero-order valence-corrected chi connectivity index (χ0v) is 26.5. The van der Waals surface area contributed by atoms with Crippen LogP contribution in [-0.4, -0.2) is 29.5 Å². The molecule has 3 fully saturated rings. The van der Waals surface area contributed by atoms with Gasteiger partial charge in [-0.25, -0.2) is 8.42 Å². The van der Waals surface area contributed by atoms with Crippen molar-refractivity contribution in [1.29, 1.82) is 0 Å². The minimum atomic E-state index is -3.61. The van der Waals surface area contributed by atoms with Crippen LogP contribution in [0.15, 0.2) is 77.2 Å². The molecule has 4 nitrogen and oxygen atoms in total. The Morgan fingerprint density at radius 1 is 0.905 bits per heavy atom. The van der Waals surface area contributed by atoms with E-state index in [0.717, 1.165) is 50.5 Å². The van der Waals surface area contributed by atoms with E-state index in [1.807, 2.05) is 36.4 Å². The smallest absolute Gasteiger partial charge is 0.181 e. The summed E-state index contributed by atoms with van der Waals surface area (Å²) in [7, 11) is -3.61. The number of aliphatic hydroxyl groups excluding tert-OH is 1. The highest BCUT2D eigenvalue weighted by atomic mass is 32.2. The number of allylic oxidation sites excluding steroid dienone is 1. The predicted octanol–water partition coefficient (Wildman–Crippen LogP) is 8.06. The van der Waals surface area contributed by atoms with E-state index < -0.39 is 26.8 Å². The van der Waals surface area contributed by atoms with Gasteiger partial charge in [0.15, 0.2) is 9.84 Å². The molecule has 0 amide bonds. The van der Waals surface area contributed by atoms with Gasteiger partial charge in [-0.2, -0.15) is 0 Å². The van der Waals surface area contributed by atoms with Crippen LogP contribution in [0.3, 0.4) is 0 Å². The first kappa shape index (κ1) is 30.1. The molecule has 2 aromatic rings. The van der Waals surface area contributed by atoms with Gasteiger partial charge in [0, 0.05) is 0 Å². The van der Waals surface area contributed by atoms with Gasteiger partial charge in [0.25, 0.3) is 0 Å². The van der Waals surface area contributed by atoms with Gasteiger partial charge in [-0.3, -0.25) is 0 Å². The second-order valence-electron chi connectivity index (χ2n) is 14.7. The summed E-state index contributed by atoms with van der Waals surface area (Å²) in [5.74, 6) is 2.21. The highest BCUT2D eigenvalue weighted by Gasteiger charge is 2.59. The van der Waals surface area contributed by atoms with Gasteiger partial charge in [0.05, 0.1) is 21.9 Å². The molecular formula is C37H50O4S. The molecule has 228 valence electrons. The van der Waals surface area contributed by atoms with Gasteiger partial charge in [-0.1, -0.05) is 81.0 Å². The molecule has 2 N–H and O–H groups in total. The van der Waals surface area contributed by atoms with Crippen LogP contribution in [0.1, 0.15) is 103 Å². The summed E-state index contributed by atoms with van der Waals surface area (Å²) in [5.41, 5.74) is 2.04. The van der Waals surface area contributed by atoms with Gasteiger partial charge >= 0.3 is 0 Å². The maximum atomic E-state index is 14.1. The Balaban J connectivity index is 1.26. The number of hydrogen-bond donors (Lipinski definition) is 2. The Labute approximate surface area is 253 Å². The molecule has 7 unspecified atom stereocenters. The molecule has 0 bridgehead atoms. The Bertz CT molecular complexity index is 1390. The zero-order chi connectivity index (χ0) is 29.8. The third kappa shape index (κ3) is 5.12. The van der Waals surface area contributed by atoms with Crippen LogP contribution in [0.5, 0.6) is 0 Å². The van der Waals surface area contributed by atoms with Crippen molar-refractivity contribution in [2.75, 3.05) is 0 Å². The summed E-state index contributed by atoms with van der Waals surface area (Å²) in [6.07, 6.45) is 11.8. The molecule has 0 saturated heterocycles. The van der Waals surface area contributed by atoms with Gasteiger partial charge in [0.1, 0.15) is 0 Å². The third-order valence-electron chi connectivity index (χ3n) is 12.8. The van der Waals surface area contributed by atoms with Crippen molar-refractivity contribution in [2.45, 2.75) is 113 Å². The van der Waals surface area contributed by atoms with Crippen molar-refractivity contribution in [3.63, 3.8) is 0 Å². The van der Waals surface area contributed by atoms with Crippen molar-refractivity contribution in [1.82, 2.24) is 0 Å². The number of hydrogen-bond acceptors (Lipinski definition) is 4. The molecule has 4 aliphatic rings. The first-order chi connectivity index (χ1) is 20.0.